The van der Waals surface area contributed by atoms with E-state index in [0.717, 1.165) is 16.0 Å². The monoisotopic (exact) mass is 475 g/mol. The maximum atomic E-state index is 12.4. The standard InChI is InChI=1S/C21H21N3O4S3/c1-2-28-20(25)17-12-18(15-6-4-3-5-7-15)30-19(17)24-21(29)23-13-14-8-10-16(11-9-14)31(22,26)27/h3-12H,2,13H2,1H3,(H2,22,26,27)(H2,23,24,29). The number of benzene rings is 2. The number of nitrogens with one attached hydrogen (secondary N) is 2. The maximum Gasteiger partial charge on any atom is 0.341 e. The van der Waals surface area contributed by atoms with Crippen LogP contribution < -0.4 is 15.8 Å². The van der Waals surface area contributed by atoms with Gasteiger partial charge in [0.2, 0.25) is 10.0 Å². The van der Waals surface area contributed by atoms with Crippen LogP contribution in [0, 0.1) is 0 Å². The van der Waals surface area contributed by atoms with Crippen LogP contribution in [0.2, 0.25) is 0 Å². The molecule has 0 unspecified atom stereocenters. The van der Waals surface area contributed by atoms with Gasteiger partial charge in [0.05, 0.1) is 17.1 Å². The van der Waals surface area contributed by atoms with E-state index in [2.05, 4.69) is 10.6 Å². The van der Waals surface area contributed by atoms with Crippen molar-refractivity contribution in [2.75, 3.05) is 11.9 Å². The third kappa shape index (κ3) is 6.11. The molecular formula is C21H21N3O4S3. The Bertz CT molecular complexity index is 1170. The van der Waals surface area contributed by atoms with Crippen LogP contribution in [0.15, 0.2) is 65.6 Å². The van der Waals surface area contributed by atoms with E-state index in [0.29, 0.717) is 22.2 Å². The highest BCUT2D eigenvalue weighted by molar-refractivity contribution is 7.89. The van der Waals surface area contributed by atoms with E-state index in [1.54, 1.807) is 25.1 Å². The van der Waals surface area contributed by atoms with Crippen molar-refractivity contribution in [2.24, 2.45) is 5.14 Å². The lowest BCUT2D eigenvalue weighted by atomic mass is 10.1. The number of primary sulfonamides is 1. The van der Waals surface area contributed by atoms with Gasteiger partial charge in [-0.3, -0.25) is 0 Å². The molecule has 0 aliphatic heterocycles. The Hall–Kier alpha value is -2.79. The lowest BCUT2D eigenvalue weighted by Crippen LogP contribution is -2.28. The molecule has 0 saturated carbocycles. The molecule has 31 heavy (non-hydrogen) atoms. The quantitative estimate of drug-likeness (QED) is 0.353. The Labute approximate surface area is 190 Å². The minimum Gasteiger partial charge on any atom is -0.462 e. The Morgan fingerprint density at radius 2 is 1.81 bits per heavy atom. The van der Waals surface area contributed by atoms with Gasteiger partial charge in [-0.05, 0) is 48.5 Å². The smallest absolute Gasteiger partial charge is 0.341 e. The van der Waals surface area contributed by atoms with Crippen LogP contribution in [-0.2, 0) is 21.3 Å². The Kier molecular flexibility index (Phi) is 7.39. The van der Waals surface area contributed by atoms with Crippen LogP contribution in [0.25, 0.3) is 10.4 Å². The summed E-state index contributed by atoms with van der Waals surface area (Å²) in [7, 11) is -3.73. The number of ether oxygens (including phenoxy) is 1. The average Bonchev–Trinajstić information content (AvgIpc) is 3.16. The van der Waals surface area contributed by atoms with Crippen molar-refractivity contribution in [1.82, 2.24) is 5.32 Å². The van der Waals surface area contributed by atoms with E-state index in [-0.39, 0.29) is 11.5 Å². The molecule has 0 bridgehead atoms. The third-order valence-corrected chi connectivity index (χ3v) is 6.49. The number of carbonyl (C=O) groups is 1. The minimum atomic E-state index is -3.73. The number of sulfonamides is 1. The Balaban J connectivity index is 1.72. The normalized spacial score (nSPS) is 11.0. The summed E-state index contributed by atoms with van der Waals surface area (Å²) in [5, 5.41) is 12.1. The predicted molar refractivity (Wildman–Crippen MR) is 127 cm³/mol. The van der Waals surface area contributed by atoms with Crippen molar-refractivity contribution in [3.8, 4) is 10.4 Å². The topological polar surface area (TPSA) is 111 Å². The van der Waals surface area contributed by atoms with Crippen LogP contribution in [-0.4, -0.2) is 26.1 Å². The summed E-state index contributed by atoms with van der Waals surface area (Å²) in [6, 6.07) is 17.7. The van der Waals surface area contributed by atoms with Gasteiger partial charge < -0.3 is 15.4 Å². The predicted octanol–water partition coefficient (Wildman–Crippen LogP) is 3.73. The fraction of sp³-hybridized carbons (Fsp3) is 0.143. The molecule has 2 aromatic carbocycles. The largest absolute Gasteiger partial charge is 0.462 e. The summed E-state index contributed by atoms with van der Waals surface area (Å²) in [6.07, 6.45) is 0. The second kappa shape index (κ2) is 10.0. The van der Waals surface area contributed by atoms with Crippen molar-refractivity contribution in [3.05, 3.63) is 71.8 Å². The van der Waals surface area contributed by atoms with Gasteiger partial charge in [-0.15, -0.1) is 11.3 Å². The first-order valence-corrected chi connectivity index (χ1v) is 12.1. The van der Waals surface area contributed by atoms with Crippen molar-refractivity contribution >= 4 is 49.7 Å². The Morgan fingerprint density at radius 3 is 2.42 bits per heavy atom. The second-order valence-electron chi connectivity index (χ2n) is 6.44. The molecule has 1 aromatic heterocycles. The van der Waals surface area contributed by atoms with E-state index < -0.39 is 16.0 Å². The zero-order valence-corrected chi connectivity index (χ0v) is 19.1. The van der Waals surface area contributed by atoms with Gasteiger partial charge in [0, 0.05) is 11.4 Å². The number of nitrogens with two attached hydrogens (primary N) is 1. The number of esters is 1. The highest BCUT2D eigenvalue weighted by Gasteiger charge is 2.19. The zero-order chi connectivity index (χ0) is 22.4. The third-order valence-electron chi connectivity index (χ3n) is 4.22. The fourth-order valence-corrected chi connectivity index (χ4v) is 4.53. The summed E-state index contributed by atoms with van der Waals surface area (Å²) >= 11 is 6.77. The molecule has 162 valence electrons. The van der Waals surface area contributed by atoms with Crippen molar-refractivity contribution < 1.29 is 17.9 Å². The van der Waals surface area contributed by atoms with E-state index in [9.17, 15) is 13.2 Å². The van der Waals surface area contributed by atoms with E-state index in [1.807, 2.05) is 30.3 Å². The molecular weight excluding hydrogens is 454 g/mol. The molecule has 0 fully saturated rings. The summed E-state index contributed by atoms with van der Waals surface area (Å²) in [5.41, 5.74) is 2.21. The lowest BCUT2D eigenvalue weighted by molar-refractivity contribution is 0.0528. The van der Waals surface area contributed by atoms with Gasteiger partial charge in [-0.2, -0.15) is 0 Å². The van der Waals surface area contributed by atoms with Gasteiger partial charge in [-0.1, -0.05) is 42.5 Å². The molecule has 1 heterocycles. The van der Waals surface area contributed by atoms with E-state index in [4.69, 9.17) is 22.1 Å². The first-order chi connectivity index (χ1) is 14.8. The van der Waals surface area contributed by atoms with Gasteiger partial charge in [0.15, 0.2) is 5.11 Å². The first kappa shape index (κ1) is 22.9. The highest BCUT2D eigenvalue weighted by atomic mass is 32.2. The van der Waals surface area contributed by atoms with Crippen LogP contribution in [0.3, 0.4) is 0 Å². The van der Waals surface area contributed by atoms with E-state index in [1.165, 1.54) is 23.5 Å². The van der Waals surface area contributed by atoms with Crippen LogP contribution >= 0.6 is 23.6 Å². The highest BCUT2D eigenvalue weighted by Crippen LogP contribution is 2.35. The van der Waals surface area contributed by atoms with Crippen molar-refractivity contribution in [1.29, 1.82) is 0 Å². The first-order valence-electron chi connectivity index (χ1n) is 9.31. The molecule has 3 aromatic rings. The number of hydrogen-bond acceptors (Lipinski definition) is 6. The molecule has 0 atom stereocenters. The molecule has 10 heteroatoms. The van der Waals surface area contributed by atoms with Crippen LogP contribution in [0.5, 0.6) is 0 Å². The maximum absolute atomic E-state index is 12.4. The second-order valence-corrected chi connectivity index (χ2v) is 9.46. The van der Waals surface area contributed by atoms with Gasteiger partial charge in [-0.25, -0.2) is 18.4 Å². The zero-order valence-electron chi connectivity index (χ0n) is 16.6. The summed E-state index contributed by atoms with van der Waals surface area (Å²) < 4.78 is 27.9. The van der Waals surface area contributed by atoms with Crippen molar-refractivity contribution in [3.63, 3.8) is 0 Å². The SMILES string of the molecule is CCOC(=O)c1cc(-c2ccccc2)sc1NC(=S)NCc1ccc(S(N)(=O)=O)cc1. The average molecular weight is 476 g/mol. The summed E-state index contributed by atoms with van der Waals surface area (Å²) in [5.74, 6) is -0.426. The van der Waals surface area contributed by atoms with Gasteiger partial charge >= 0.3 is 5.97 Å². The van der Waals surface area contributed by atoms with Crippen LogP contribution in [0.1, 0.15) is 22.8 Å². The number of carbonyl (C=O) groups excluding carboxylic acids is 1. The molecule has 0 spiro atoms. The number of hydrogen-bond donors (Lipinski definition) is 3. The lowest BCUT2D eigenvalue weighted by Gasteiger charge is -2.11. The molecule has 0 radical (unpaired) electrons. The Morgan fingerprint density at radius 1 is 1.13 bits per heavy atom. The number of thiophene rings is 1. The fourth-order valence-electron chi connectivity index (χ4n) is 2.72. The summed E-state index contributed by atoms with van der Waals surface area (Å²) in [4.78, 5) is 13.4. The minimum absolute atomic E-state index is 0.0445. The molecule has 7 nitrogen and oxygen atoms in total. The number of rotatable bonds is 7. The van der Waals surface area contributed by atoms with E-state index >= 15 is 0 Å². The van der Waals surface area contributed by atoms with Gasteiger partial charge in [0.1, 0.15) is 5.00 Å². The molecule has 0 aliphatic rings. The van der Waals surface area contributed by atoms with Crippen LogP contribution in [0.4, 0.5) is 5.00 Å². The number of anilines is 1. The van der Waals surface area contributed by atoms with Crippen molar-refractivity contribution in [2.45, 2.75) is 18.4 Å². The molecule has 0 amide bonds. The van der Waals surface area contributed by atoms with Gasteiger partial charge in [0.25, 0.3) is 0 Å². The molecule has 4 N–H and O–H groups in total. The summed E-state index contributed by atoms with van der Waals surface area (Å²) in [6.45, 7) is 2.39. The molecule has 0 aliphatic carbocycles. The number of thiocarbonyl (C=S) groups is 1. The molecule has 3 rings (SSSR count). The molecule has 0 saturated heterocycles.